The summed E-state index contributed by atoms with van der Waals surface area (Å²) in [6.45, 7) is 0.955. The predicted molar refractivity (Wildman–Crippen MR) is 80.7 cm³/mol. The lowest BCUT2D eigenvalue weighted by molar-refractivity contribution is -0.0206. The van der Waals surface area contributed by atoms with Gasteiger partial charge in [0.15, 0.2) is 0 Å². The molecule has 5 rings (SSSR count). The standard InChI is InChI=1S/C18H25NO/c1-20-17-5-3-2-4-16(17)12-19-18-9-13-6-14(10-18)8-15(7-13)11-18/h2-5,13-15,19H,6-12H2,1H3. The SMILES string of the molecule is COc1ccccc1CNC12CC3CC(CC(C3)C1)C2. The summed E-state index contributed by atoms with van der Waals surface area (Å²) in [7, 11) is 1.77. The summed E-state index contributed by atoms with van der Waals surface area (Å²) in [5.41, 5.74) is 1.74. The van der Waals surface area contributed by atoms with E-state index in [0.717, 1.165) is 30.0 Å². The Morgan fingerprint density at radius 1 is 1.05 bits per heavy atom. The van der Waals surface area contributed by atoms with Gasteiger partial charge in [-0.1, -0.05) is 18.2 Å². The van der Waals surface area contributed by atoms with Crippen LogP contribution in [0.15, 0.2) is 24.3 Å². The van der Waals surface area contributed by atoms with Crippen molar-refractivity contribution in [2.45, 2.75) is 50.6 Å². The van der Waals surface area contributed by atoms with Crippen LogP contribution in [0.4, 0.5) is 0 Å². The van der Waals surface area contributed by atoms with E-state index in [-0.39, 0.29) is 0 Å². The van der Waals surface area contributed by atoms with Crippen LogP contribution in [0.1, 0.15) is 44.1 Å². The average molecular weight is 271 g/mol. The Kier molecular flexibility index (Phi) is 3.03. The molecule has 0 heterocycles. The van der Waals surface area contributed by atoms with E-state index in [4.69, 9.17) is 4.74 Å². The first-order valence-corrected chi connectivity index (χ1v) is 8.13. The van der Waals surface area contributed by atoms with Crippen LogP contribution in [-0.2, 0) is 6.54 Å². The number of methoxy groups -OCH3 is 1. The Morgan fingerprint density at radius 2 is 1.65 bits per heavy atom. The molecule has 2 nitrogen and oxygen atoms in total. The monoisotopic (exact) mass is 271 g/mol. The molecular weight excluding hydrogens is 246 g/mol. The molecule has 1 aromatic rings. The molecule has 0 atom stereocenters. The van der Waals surface area contributed by atoms with Crippen molar-refractivity contribution in [2.24, 2.45) is 17.8 Å². The van der Waals surface area contributed by atoms with Gasteiger partial charge < -0.3 is 10.1 Å². The maximum Gasteiger partial charge on any atom is 0.123 e. The molecule has 1 N–H and O–H groups in total. The van der Waals surface area contributed by atoms with E-state index in [1.165, 1.54) is 44.1 Å². The summed E-state index contributed by atoms with van der Waals surface area (Å²) in [5, 5.41) is 3.94. The summed E-state index contributed by atoms with van der Waals surface area (Å²) < 4.78 is 5.48. The van der Waals surface area contributed by atoms with Crippen LogP contribution in [0.3, 0.4) is 0 Å². The van der Waals surface area contributed by atoms with E-state index in [1.54, 1.807) is 7.11 Å². The normalized spacial score (nSPS) is 38.1. The van der Waals surface area contributed by atoms with Crippen LogP contribution in [0.2, 0.25) is 0 Å². The number of benzene rings is 1. The van der Waals surface area contributed by atoms with E-state index in [0.29, 0.717) is 5.54 Å². The van der Waals surface area contributed by atoms with E-state index in [9.17, 15) is 0 Å². The molecule has 0 unspecified atom stereocenters. The zero-order valence-electron chi connectivity index (χ0n) is 12.4. The van der Waals surface area contributed by atoms with Gasteiger partial charge in [-0.25, -0.2) is 0 Å². The van der Waals surface area contributed by atoms with Crippen molar-refractivity contribution >= 4 is 0 Å². The molecular formula is C18H25NO. The molecule has 0 aliphatic heterocycles. The third-order valence-corrected chi connectivity index (χ3v) is 5.88. The summed E-state index contributed by atoms with van der Waals surface area (Å²) in [6, 6.07) is 8.41. The smallest absolute Gasteiger partial charge is 0.123 e. The molecule has 4 saturated carbocycles. The lowest BCUT2D eigenvalue weighted by atomic mass is 9.53. The minimum absolute atomic E-state index is 0.440. The second kappa shape index (κ2) is 4.77. The third kappa shape index (κ3) is 2.14. The first kappa shape index (κ1) is 12.7. The minimum atomic E-state index is 0.440. The van der Waals surface area contributed by atoms with Crippen LogP contribution < -0.4 is 10.1 Å². The highest BCUT2D eigenvalue weighted by Gasteiger charge is 2.50. The highest BCUT2D eigenvalue weighted by Crippen LogP contribution is 2.55. The largest absolute Gasteiger partial charge is 0.496 e. The quantitative estimate of drug-likeness (QED) is 0.900. The number of hydrogen-bond acceptors (Lipinski definition) is 2. The molecule has 0 saturated heterocycles. The molecule has 0 amide bonds. The molecule has 0 spiro atoms. The molecule has 2 heteroatoms. The fourth-order valence-electron chi connectivity index (χ4n) is 5.46. The van der Waals surface area contributed by atoms with Crippen LogP contribution in [0.5, 0.6) is 5.75 Å². The van der Waals surface area contributed by atoms with Gasteiger partial charge in [0.1, 0.15) is 5.75 Å². The van der Waals surface area contributed by atoms with Crippen molar-refractivity contribution in [3.05, 3.63) is 29.8 Å². The lowest BCUT2D eigenvalue weighted by Gasteiger charge is -2.57. The number of nitrogens with one attached hydrogen (secondary N) is 1. The van der Waals surface area contributed by atoms with Crippen molar-refractivity contribution in [1.82, 2.24) is 5.32 Å². The third-order valence-electron chi connectivity index (χ3n) is 5.88. The predicted octanol–water partition coefficient (Wildman–Crippen LogP) is 3.75. The first-order valence-electron chi connectivity index (χ1n) is 8.13. The van der Waals surface area contributed by atoms with E-state index in [2.05, 4.69) is 23.5 Å². The molecule has 4 fully saturated rings. The highest BCUT2D eigenvalue weighted by atomic mass is 16.5. The topological polar surface area (TPSA) is 21.3 Å². The van der Waals surface area contributed by atoms with Gasteiger partial charge in [-0.3, -0.25) is 0 Å². The molecule has 0 radical (unpaired) electrons. The van der Waals surface area contributed by atoms with Crippen LogP contribution >= 0.6 is 0 Å². The summed E-state index contributed by atoms with van der Waals surface area (Å²) in [5.74, 6) is 4.04. The number of hydrogen-bond donors (Lipinski definition) is 1. The summed E-state index contributed by atoms with van der Waals surface area (Å²) >= 11 is 0. The first-order chi connectivity index (χ1) is 9.76. The molecule has 4 aliphatic carbocycles. The Balaban J connectivity index is 1.49. The van der Waals surface area contributed by atoms with Gasteiger partial charge in [0.2, 0.25) is 0 Å². The van der Waals surface area contributed by atoms with Crippen molar-refractivity contribution in [2.75, 3.05) is 7.11 Å². The maximum atomic E-state index is 5.48. The summed E-state index contributed by atoms with van der Waals surface area (Å²) in [6.07, 6.45) is 8.76. The lowest BCUT2D eigenvalue weighted by Crippen LogP contribution is -2.58. The van der Waals surface area contributed by atoms with Crippen LogP contribution in [0, 0.1) is 17.8 Å². The zero-order chi connectivity index (χ0) is 13.6. The van der Waals surface area contributed by atoms with E-state index in [1.807, 2.05) is 6.07 Å². The zero-order valence-corrected chi connectivity index (χ0v) is 12.4. The van der Waals surface area contributed by atoms with Crippen LogP contribution in [0.25, 0.3) is 0 Å². The average Bonchev–Trinajstić information content (AvgIpc) is 2.44. The Bertz CT molecular complexity index is 461. The number of ether oxygens (including phenoxy) is 1. The van der Waals surface area contributed by atoms with Gasteiger partial charge in [0.25, 0.3) is 0 Å². The second-order valence-corrected chi connectivity index (χ2v) is 7.36. The van der Waals surface area contributed by atoms with Crippen LogP contribution in [-0.4, -0.2) is 12.6 Å². The fourth-order valence-corrected chi connectivity index (χ4v) is 5.46. The fraction of sp³-hybridized carbons (Fsp3) is 0.667. The van der Waals surface area contributed by atoms with Gasteiger partial charge in [-0.2, -0.15) is 0 Å². The van der Waals surface area contributed by atoms with Crippen molar-refractivity contribution in [3.63, 3.8) is 0 Å². The van der Waals surface area contributed by atoms with Crippen molar-refractivity contribution in [3.8, 4) is 5.75 Å². The highest BCUT2D eigenvalue weighted by molar-refractivity contribution is 5.33. The number of rotatable bonds is 4. The van der Waals surface area contributed by atoms with Gasteiger partial charge in [-0.05, 0) is 62.3 Å². The maximum absolute atomic E-state index is 5.48. The molecule has 108 valence electrons. The molecule has 4 bridgehead atoms. The second-order valence-electron chi connectivity index (χ2n) is 7.36. The van der Waals surface area contributed by atoms with Crippen molar-refractivity contribution < 1.29 is 4.74 Å². The van der Waals surface area contributed by atoms with E-state index >= 15 is 0 Å². The molecule has 1 aromatic carbocycles. The van der Waals surface area contributed by atoms with Gasteiger partial charge >= 0.3 is 0 Å². The molecule has 4 aliphatic rings. The Hall–Kier alpha value is -1.02. The minimum Gasteiger partial charge on any atom is -0.496 e. The number of para-hydroxylation sites is 1. The molecule has 0 aromatic heterocycles. The summed E-state index contributed by atoms with van der Waals surface area (Å²) in [4.78, 5) is 0. The Labute approximate surface area is 121 Å². The van der Waals surface area contributed by atoms with Gasteiger partial charge in [0.05, 0.1) is 7.11 Å². The Morgan fingerprint density at radius 3 is 2.25 bits per heavy atom. The van der Waals surface area contributed by atoms with Gasteiger partial charge in [-0.15, -0.1) is 0 Å². The van der Waals surface area contributed by atoms with Crippen molar-refractivity contribution in [1.29, 1.82) is 0 Å². The van der Waals surface area contributed by atoms with E-state index < -0.39 is 0 Å². The van der Waals surface area contributed by atoms with Gasteiger partial charge in [0, 0.05) is 17.6 Å². The molecule has 20 heavy (non-hydrogen) atoms.